The molecular formula is C15H20BrClN2OS. The van der Waals surface area contributed by atoms with E-state index in [9.17, 15) is 4.79 Å². The SMILES string of the molecule is CCCC(CCC)(C(=O)Nc1ccc(Br)c(Cl)c1)C(N)=S. The Morgan fingerprint density at radius 2 is 1.95 bits per heavy atom. The molecule has 0 fully saturated rings. The minimum absolute atomic E-state index is 0.155. The maximum atomic E-state index is 12.7. The van der Waals surface area contributed by atoms with Crippen LogP contribution in [-0.4, -0.2) is 10.9 Å². The van der Waals surface area contributed by atoms with Gasteiger partial charge in [0.05, 0.1) is 15.4 Å². The van der Waals surface area contributed by atoms with Gasteiger partial charge in [-0.25, -0.2) is 0 Å². The summed E-state index contributed by atoms with van der Waals surface area (Å²) in [7, 11) is 0. The van der Waals surface area contributed by atoms with Gasteiger partial charge in [0.25, 0.3) is 0 Å². The lowest BCUT2D eigenvalue weighted by atomic mass is 9.78. The van der Waals surface area contributed by atoms with Crippen LogP contribution in [0.25, 0.3) is 0 Å². The van der Waals surface area contributed by atoms with E-state index in [1.54, 1.807) is 18.2 Å². The number of nitrogens with one attached hydrogen (secondary N) is 1. The van der Waals surface area contributed by atoms with Crippen LogP contribution >= 0.6 is 39.7 Å². The minimum Gasteiger partial charge on any atom is -0.392 e. The Morgan fingerprint density at radius 3 is 2.38 bits per heavy atom. The number of amides is 1. The molecule has 0 heterocycles. The molecule has 0 bridgehead atoms. The van der Waals surface area contributed by atoms with E-state index in [0.717, 1.165) is 17.3 Å². The predicted octanol–water partition coefficient (Wildman–Crippen LogP) is 4.91. The Kier molecular flexibility index (Phi) is 7.10. The highest BCUT2D eigenvalue weighted by atomic mass is 79.9. The van der Waals surface area contributed by atoms with Crippen LogP contribution in [0.15, 0.2) is 22.7 Å². The van der Waals surface area contributed by atoms with Crippen LogP contribution in [0.5, 0.6) is 0 Å². The summed E-state index contributed by atoms with van der Waals surface area (Å²) in [6.45, 7) is 4.04. The number of thiocarbonyl (C=S) groups is 1. The summed E-state index contributed by atoms with van der Waals surface area (Å²) in [6.07, 6.45) is 2.97. The Morgan fingerprint density at radius 1 is 1.38 bits per heavy atom. The van der Waals surface area contributed by atoms with Crippen LogP contribution in [0.4, 0.5) is 5.69 Å². The third-order valence-corrected chi connectivity index (χ3v) is 5.06. The summed E-state index contributed by atoms with van der Waals surface area (Å²) in [5, 5.41) is 3.43. The van der Waals surface area contributed by atoms with Gasteiger partial charge < -0.3 is 11.1 Å². The average molecular weight is 392 g/mol. The van der Waals surface area contributed by atoms with E-state index in [0.29, 0.717) is 23.6 Å². The highest BCUT2D eigenvalue weighted by molar-refractivity contribution is 9.10. The number of benzene rings is 1. The lowest BCUT2D eigenvalue weighted by Crippen LogP contribution is -2.46. The Balaban J connectivity index is 3.04. The second kappa shape index (κ2) is 8.11. The summed E-state index contributed by atoms with van der Waals surface area (Å²) >= 11 is 14.6. The van der Waals surface area contributed by atoms with Gasteiger partial charge in [0.2, 0.25) is 5.91 Å². The van der Waals surface area contributed by atoms with E-state index in [1.165, 1.54) is 0 Å². The Hall–Kier alpha value is -0.650. The van der Waals surface area contributed by atoms with Crippen LogP contribution in [0.2, 0.25) is 5.02 Å². The molecule has 0 aromatic heterocycles. The molecule has 0 radical (unpaired) electrons. The number of anilines is 1. The second-order valence-electron chi connectivity index (χ2n) is 5.03. The number of halogens is 2. The first kappa shape index (κ1) is 18.4. The van der Waals surface area contributed by atoms with Gasteiger partial charge in [-0.05, 0) is 47.0 Å². The summed E-state index contributed by atoms with van der Waals surface area (Å²) in [5.74, 6) is -0.155. The third kappa shape index (κ3) is 4.41. The van der Waals surface area contributed by atoms with Gasteiger partial charge in [0.1, 0.15) is 0 Å². The highest BCUT2D eigenvalue weighted by Crippen LogP contribution is 2.33. The quantitative estimate of drug-likeness (QED) is 0.649. The molecule has 1 rings (SSSR count). The third-order valence-electron chi connectivity index (χ3n) is 3.44. The highest BCUT2D eigenvalue weighted by Gasteiger charge is 2.39. The molecule has 0 unspecified atom stereocenters. The molecule has 0 saturated carbocycles. The predicted molar refractivity (Wildman–Crippen MR) is 96.8 cm³/mol. The number of hydrogen-bond donors (Lipinski definition) is 2. The Bertz CT molecular complexity index is 530. The molecule has 6 heteroatoms. The Labute approximate surface area is 144 Å². The number of rotatable bonds is 7. The summed E-state index contributed by atoms with van der Waals surface area (Å²) in [5.41, 5.74) is 5.74. The number of carbonyl (C=O) groups excluding carboxylic acids is 1. The molecule has 3 N–H and O–H groups in total. The van der Waals surface area contributed by atoms with Gasteiger partial charge in [-0.1, -0.05) is 50.5 Å². The first-order chi connectivity index (χ1) is 9.87. The van der Waals surface area contributed by atoms with E-state index in [4.69, 9.17) is 29.6 Å². The van der Waals surface area contributed by atoms with E-state index in [-0.39, 0.29) is 10.9 Å². The maximum absolute atomic E-state index is 12.7. The monoisotopic (exact) mass is 390 g/mol. The normalized spacial score (nSPS) is 11.2. The van der Waals surface area contributed by atoms with Crippen molar-refractivity contribution in [1.82, 2.24) is 0 Å². The van der Waals surface area contributed by atoms with Crippen molar-refractivity contribution in [2.45, 2.75) is 39.5 Å². The molecule has 21 heavy (non-hydrogen) atoms. The van der Waals surface area contributed by atoms with Crippen LogP contribution in [0, 0.1) is 5.41 Å². The molecule has 1 aromatic carbocycles. The molecular weight excluding hydrogens is 372 g/mol. The number of hydrogen-bond acceptors (Lipinski definition) is 2. The number of carbonyl (C=O) groups is 1. The van der Waals surface area contributed by atoms with Crippen molar-refractivity contribution in [1.29, 1.82) is 0 Å². The molecule has 0 aliphatic heterocycles. The molecule has 0 spiro atoms. The van der Waals surface area contributed by atoms with Gasteiger partial charge in [-0.3, -0.25) is 4.79 Å². The van der Waals surface area contributed by atoms with Crippen LogP contribution in [-0.2, 0) is 4.79 Å². The van der Waals surface area contributed by atoms with E-state index in [1.807, 2.05) is 13.8 Å². The molecule has 0 aliphatic carbocycles. The molecule has 0 aliphatic rings. The molecule has 1 amide bonds. The van der Waals surface area contributed by atoms with Crippen molar-refractivity contribution in [2.24, 2.45) is 11.1 Å². The summed E-state index contributed by atoms with van der Waals surface area (Å²) in [6, 6.07) is 5.28. The van der Waals surface area contributed by atoms with E-state index in [2.05, 4.69) is 21.2 Å². The smallest absolute Gasteiger partial charge is 0.237 e. The van der Waals surface area contributed by atoms with Crippen LogP contribution < -0.4 is 11.1 Å². The van der Waals surface area contributed by atoms with Gasteiger partial charge in [0.15, 0.2) is 0 Å². The fourth-order valence-electron chi connectivity index (χ4n) is 2.39. The fourth-order valence-corrected chi connectivity index (χ4v) is 3.11. The van der Waals surface area contributed by atoms with Gasteiger partial charge in [-0.15, -0.1) is 0 Å². The molecule has 0 atom stereocenters. The maximum Gasteiger partial charge on any atom is 0.237 e. The zero-order valence-corrected chi connectivity index (χ0v) is 15.4. The minimum atomic E-state index is -0.793. The first-order valence-corrected chi connectivity index (χ1v) is 8.51. The number of nitrogens with two attached hydrogens (primary N) is 1. The average Bonchev–Trinajstić information content (AvgIpc) is 2.42. The lowest BCUT2D eigenvalue weighted by Gasteiger charge is -2.31. The largest absolute Gasteiger partial charge is 0.392 e. The van der Waals surface area contributed by atoms with Crippen molar-refractivity contribution in [2.75, 3.05) is 5.32 Å². The molecule has 116 valence electrons. The van der Waals surface area contributed by atoms with Crippen molar-refractivity contribution < 1.29 is 4.79 Å². The first-order valence-electron chi connectivity index (χ1n) is 6.93. The zero-order chi connectivity index (χ0) is 16.0. The second-order valence-corrected chi connectivity index (χ2v) is 6.73. The zero-order valence-electron chi connectivity index (χ0n) is 12.2. The van der Waals surface area contributed by atoms with Gasteiger partial charge in [-0.2, -0.15) is 0 Å². The molecule has 1 aromatic rings. The van der Waals surface area contributed by atoms with Gasteiger partial charge in [0, 0.05) is 10.2 Å². The summed E-state index contributed by atoms with van der Waals surface area (Å²) < 4.78 is 0.782. The van der Waals surface area contributed by atoms with E-state index >= 15 is 0 Å². The van der Waals surface area contributed by atoms with Crippen molar-refractivity contribution in [3.63, 3.8) is 0 Å². The lowest BCUT2D eigenvalue weighted by molar-refractivity contribution is -0.122. The topological polar surface area (TPSA) is 55.1 Å². The van der Waals surface area contributed by atoms with Crippen molar-refractivity contribution >= 4 is 56.3 Å². The van der Waals surface area contributed by atoms with Crippen LogP contribution in [0.1, 0.15) is 39.5 Å². The summed E-state index contributed by atoms with van der Waals surface area (Å²) in [4.78, 5) is 13.0. The fraction of sp³-hybridized carbons (Fsp3) is 0.467. The van der Waals surface area contributed by atoms with Crippen LogP contribution in [0.3, 0.4) is 0 Å². The van der Waals surface area contributed by atoms with E-state index < -0.39 is 5.41 Å². The molecule has 3 nitrogen and oxygen atoms in total. The van der Waals surface area contributed by atoms with Gasteiger partial charge >= 0.3 is 0 Å². The standard InChI is InChI=1S/C15H20BrClN2OS/c1-3-7-15(8-4-2,13(18)21)14(20)19-10-5-6-11(16)12(17)9-10/h5-6,9H,3-4,7-8H2,1-2H3,(H2,18,21)(H,19,20). The van der Waals surface area contributed by atoms with Crippen molar-refractivity contribution in [3.05, 3.63) is 27.7 Å². The van der Waals surface area contributed by atoms with Crippen molar-refractivity contribution in [3.8, 4) is 0 Å². The molecule has 0 saturated heterocycles.